The van der Waals surface area contributed by atoms with Crippen LogP contribution < -0.4 is 0 Å². The molecule has 0 bridgehead atoms. The second-order valence-corrected chi connectivity index (χ2v) is 31.5. The van der Waals surface area contributed by atoms with Crippen LogP contribution in [-0.4, -0.2) is 96.7 Å². The Kier molecular flexibility index (Phi) is 69.6. The van der Waals surface area contributed by atoms with Gasteiger partial charge in [0.25, 0.3) is 0 Å². The van der Waals surface area contributed by atoms with Crippen LogP contribution >= 0.6 is 15.6 Å². The van der Waals surface area contributed by atoms with Crippen LogP contribution in [-0.2, 0) is 65.4 Å². The molecule has 19 heteroatoms. The number of aliphatic hydroxyl groups excluding tert-OH is 1. The summed E-state index contributed by atoms with van der Waals surface area (Å²) in [5, 5.41) is 10.6. The van der Waals surface area contributed by atoms with Crippen molar-refractivity contribution in [2.24, 2.45) is 5.92 Å². The van der Waals surface area contributed by atoms with Gasteiger partial charge in [-0.05, 0) is 31.6 Å². The Labute approximate surface area is 594 Å². The molecule has 5 atom stereocenters. The third-order valence-corrected chi connectivity index (χ3v) is 20.2. The highest BCUT2D eigenvalue weighted by atomic mass is 31.2. The molecule has 97 heavy (non-hydrogen) atoms. The molecule has 0 aliphatic heterocycles. The Bertz CT molecular complexity index is 1860. The van der Waals surface area contributed by atoms with Gasteiger partial charge in [-0.1, -0.05) is 362 Å². The first-order valence-corrected chi connectivity index (χ1v) is 43.6. The monoisotopic (exact) mass is 1420 g/mol. The third-order valence-electron chi connectivity index (χ3n) is 18.3. The predicted molar refractivity (Wildman–Crippen MR) is 395 cm³/mol. The van der Waals surface area contributed by atoms with Gasteiger partial charge in [0, 0.05) is 25.7 Å². The molecule has 0 aromatic heterocycles. The molecule has 0 aliphatic rings. The molecule has 0 aliphatic carbocycles. The lowest BCUT2D eigenvalue weighted by Crippen LogP contribution is -2.30. The first-order valence-electron chi connectivity index (χ1n) is 40.6. The third kappa shape index (κ3) is 72.2. The summed E-state index contributed by atoms with van der Waals surface area (Å²) in [6.07, 6.45) is 61.2. The van der Waals surface area contributed by atoms with Crippen LogP contribution in [0.15, 0.2) is 0 Å². The van der Waals surface area contributed by atoms with Crippen molar-refractivity contribution in [2.75, 3.05) is 39.6 Å². The van der Waals surface area contributed by atoms with Crippen LogP contribution in [0.4, 0.5) is 0 Å². The topological polar surface area (TPSA) is 237 Å². The average molecular weight is 1420 g/mol. The minimum absolute atomic E-state index is 0.107. The summed E-state index contributed by atoms with van der Waals surface area (Å²) in [4.78, 5) is 72.7. The summed E-state index contributed by atoms with van der Waals surface area (Å²) >= 11 is 0. The maximum Gasteiger partial charge on any atom is 0.472 e. The average Bonchev–Trinajstić information content (AvgIpc) is 2.07. The van der Waals surface area contributed by atoms with Crippen molar-refractivity contribution in [1.82, 2.24) is 0 Å². The number of aliphatic hydroxyl groups is 1. The van der Waals surface area contributed by atoms with Crippen LogP contribution in [0.3, 0.4) is 0 Å². The van der Waals surface area contributed by atoms with Gasteiger partial charge in [0.15, 0.2) is 12.2 Å². The SMILES string of the molecule is CCCCCCCCCCCCCCCCCCCCCCCC(=O)O[C@H](COC(=O)CCCCCCCCCCCCCCCCCC(C)C)COP(=O)(O)OC[C@@H](O)COP(=O)(O)OC[C@@H](COC(=O)CCCCCCCCCC)OC(=O)CCCCCCCCCCCC. The summed E-state index contributed by atoms with van der Waals surface area (Å²) in [5.41, 5.74) is 0. The van der Waals surface area contributed by atoms with E-state index in [1.54, 1.807) is 0 Å². The predicted octanol–water partition coefficient (Wildman–Crippen LogP) is 23.3. The van der Waals surface area contributed by atoms with Crippen molar-refractivity contribution in [3.63, 3.8) is 0 Å². The van der Waals surface area contributed by atoms with Crippen LogP contribution in [0.25, 0.3) is 0 Å². The van der Waals surface area contributed by atoms with Gasteiger partial charge in [0.2, 0.25) is 0 Å². The molecule has 17 nitrogen and oxygen atoms in total. The Hall–Kier alpha value is -1.94. The van der Waals surface area contributed by atoms with E-state index in [4.69, 9.17) is 37.0 Å². The Balaban J connectivity index is 5.16. The van der Waals surface area contributed by atoms with E-state index in [1.807, 2.05) is 0 Å². The first-order chi connectivity index (χ1) is 47.0. The van der Waals surface area contributed by atoms with E-state index in [0.717, 1.165) is 102 Å². The molecule has 0 amide bonds. The minimum atomic E-state index is -4.96. The van der Waals surface area contributed by atoms with Crippen LogP contribution in [0, 0.1) is 5.92 Å². The second-order valence-electron chi connectivity index (χ2n) is 28.6. The number of esters is 4. The van der Waals surface area contributed by atoms with E-state index in [9.17, 15) is 43.2 Å². The van der Waals surface area contributed by atoms with Crippen molar-refractivity contribution >= 4 is 39.5 Å². The van der Waals surface area contributed by atoms with Gasteiger partial charge < -0.3 is 33.8 Å². The largest absolute Gasteiger partial charge is 0.472 e. The molecular weight excluding hydrogens is 1270 g/mol. The molecule has 0 aromatic carbocycles. The molecule has 0 saturated carbocycles. The first kappa shape index (κ1) is 95.1. The maximum atomic E-state index is 13.1. The molecule has 576 valence electrons. The van der Waals surface area contributed by atoms with Crippen LogP contribution in [0.2, 0.25) is 0 Å². The zero-order valence-electron chi connectivity index (χ0n) is 63.2. The lowest BCUT2D eigenvalue weighted by atomic mass is 10.0. The minimum Gasteiger partial charge on any atom is -0.462 e. The molecule has 0 radical (unpaired) electrons. The van der Waals surface area contributed by atoms with Crippen molar-refractivity contribution in [1.29, 1.82) is 0 Å². The number of phosphoric acid groups is 2. The van der Waals surface area contributed by atoms with Crippen molar-refractivity contribution in [3.05, 3.63) is 0 Å². The van der Waals surface area contributed by atoms with Gasteiger partial charge in [0.1, 0.15) is 19.3 Å². The van der Waals surface area contributed by atoms with E-state index in [0.29, 0.717) is 25.7 Å². The lowest BCUT2D eigenvalue weighted by molar-refractivity contribution is -0.161. The Morgan fingerprint density at radius 2 is 0.474 bits per heavy atom. The highest BCUT2D eigenvalue weighted by molar-refractivity contribution is 7.47. The number of unbranched alkanes of at least 4 members (excludes halogenated alkanes) is 50. The fourth-order valence-electron chi connectivity index (χ4n) is 12.1. The normalized spacial score (nSPS) is 13.9. The fourth-order valence-corrected chi connectivity index (χ4v) is 13.6. The van der Waals surface area contributed by atoms with Crippen molar-refractivity contribution < 1.29 is 80.2 Å². The second kappa shape index (κ2) is 71.1. The summed E-state index contributed by atoms with van der Waals surface area (Å²) in [6.45, 7) is 7.29. The molecule has 0 rings (SSSR count). The van der Waals surface area contributed by atoms with E-state index in [1.165, 1.54) is 231 Å². The number of carbonyl (C=O) groups excluding carboxylic acids is 4. The van der Waals surface area contributed by atoms with Gasteiger partial charge in [-0.2, -0.15) is 0 Å². The smallest absolute Gasteiger partial charge is 0.462 e. The molecule has 3 N–H and O–H groups in total. The summed E-state index contributed by atoms with van der Waals surface area (Å²) < 4.78 is 68.5. The summed E-state index contributed by atoms with van der Waals surface area (Å²) in [6, 6.07) is 0. The standard InChI is InChI=1S/C78H152O17P2/c1-6-9-12-15-18-21-23-24-25-26-27-28-29-30-33-37-40-44-49-54-59-64-78(83)95-74(68-89-76(81)62-57-52-47-43-39-36-34-31-32-35-38-41-45-50-55-60-71(4)5)70-93-97(86,87)91-66-72(79)65-90-96(84,85)92-69-73(67-88-75(80)61-56-51-46-20-17-14-11-8-3)94-77(82)63-58-53-48-42-22-19-16-13-10-7-2/h71-74,79H,6-70H2,1-5H3,(H,84,85)(H,86,87)/t72-,73+,74+/m0/s1. The molecule has 0 fully saturated rings. The Morgan fingerprint density at radius 1 is 0.278 bits per heavy atom. The van der Waals surface area contributed by atoms with Crippen LogP contribution in [0.5, 0.6) is 0 Å². The van der Waals surface area contributed by atoms with Gasteiger partial charge in [0.05, 0.1) is 26.4 Å². The maximum absolute atomic E-state index is 13.1. The molecule has 2 unspecified atom stereocenters. The van der Waals surface area contributed by atoms with Crippen molar-refractivity contribution in [3.8, 4) is 0 Å². The van der Waals surface area contributed by atoms with E-state index >= 15 is 0 Å². The lowest BCUT2D eigenvalue weighted by Gasteiger charge is -2.21. The van der Waals surface area contributed by atoms with Gasteiger partial charge in [-0.25, -0.2) is 9.13 Å². The van der Waals surface area contributed by atoms with E-state index in [-0.39, 0.29) is 25.7 Å². The number of phosphoric ester groups is 2. The highest BCUT2D eigenvalue weighted by Crippen LogP contribution is 2.45. The summed E-state index contributed by atoms with van der Waals surface area (Å²) in [7, 11) is -9.91. The van der Waals surface area contributed by atoms with Crippen molar-refractivity contribution in [2.45, 2.75) is 432 Å². The van der Waals surface area contributed by atoms with Gasteiger partial charge in [-0.3, -0.25) is 37.3 Å². The van der Waals surface area contributed by atoms with E-state index < -0.39 is 97.5 Å². The zero-order chi connectivity index (χ0) is 71.2. The molecule has 0 aromatic rings. The van der Waals surface area contributed by atoms with Crippen LogP contribution in [0.1, 0.15) is 413 Å². The fraction of sp³-hybridized carbons (Fsp3) is 0.949. The number of carbonyl (C=O) groups is 4. The molecular formula is C78H152O17P2. The zero-order valence-corrected chi connectivity index (χ0v) is 65.0. The number of hydrogen-bond acceptors (Lipinski definition) is 15. The number of rotatable bonds is 78. The van der Waals surface area contributed by atoms with E-state index in [2.05, 4.69) is 34.6 Å². The quantitative estimate of drug-likeness (QED) is 0.0222. The summed E-state index contributed by atoms with van der Waals surface area (Å²) in [5.74, 6) is -1.31. The number of hydrogen-bond donors (Lipinski definition) is 3. The highest BCUT2D eigenvalue weighted by Gasteiger charge is 2.30. The Morgan fingerprint density at radius 3 is 0.701 bits per heavy atom. The molecule has 0 spiro atoms. The van der Waals surface area contributed by atoms with Gasteiger partial charge in [-0.15, -0.1) is 0 Å². The molecule has 0 heterocycles. The molecule has 0 saturated heterocycles. The number of ether oxygens (including phenoxy) is 4. The van der Waals surface area contributed by atoms with Gasteiger partial charge >= 0.3 is 39.5 Å².